The maximum Gasteiger partial charge on any atom is 0.233 e. The Morgan fingerprint density at radius 3 is 2.77 bits per heavy atom. The largest absolute Gasteiger partial charge is 0.351 e. The first kappa shape index (κ1) is 19.4. The second-order valence-corrected chi connectivity index (χ2v) is 11.0. The van der Waals surface area contributed by atoms with E-state index in [0.29, 0.717) is 12.2 Å². The summed E-state index contributed by atoms with van der Waals surface area (Å²) in [5.41, 5.74) is 3.28. The maximum absolute atomic E-state index is 12.2. The number of amides is 1. The van der Waals surface area contributed by atoms with Gasteiger partial charge in [0, 0.05) is 22.7 Å². The summed E-state index contributed by atoms with van der Waals surface area (Å²) in [6, 6.07) is 8.03. The Hall–Kier alpha value is -1.38. The number of nitrogens with zero attached hydrogens (tertiary/aromatic N) is 1. The maximum atomic E-state index is 12.2. The first-order chi connectivity index (χ1) is 12.3. The van der Waals surface area contributed by atoms with Crippen molar-refractivity contribution in [1.29, 1.82) is 0 Å². The molecule has 8 heteroatoms. The Labute approximate surface area is 162 Å². The number of nitrogens with one attached hydrogen (secondary N) is 1. The van der Waals surface area contributed by atoms with Gasteiger partial charge in [-0.25, -0.2) is 13.4 Å². The molecule has 0 saturated carbocycles. The average Bonchev–Trinajstić information content (AvgIpc) is 3.19. The molecule has 140 valence electrons. The molecule has 2 aromatic rings. The number of rotatable bonds is 6. The number of hydrogen-bond acceptors (Lipinski definition) is 6. The Balaban J connectivity index is 1.51. The summed E-state index contributed by atoms with van der Waals surface area (Å²) in [5.74, 6) is 0.772. The molecule has 3 rings (SSSR count). The molecule has 2 atom stereocenters. The number of hydrogen-bond donors (Lipinski definition) is 1. The fraction of sp³-hybridized carbons (Fsp3) is 0.444. The number of benzene rings is 1. The van der Waals surface area contributed by atoms with Crippen LogP contribution in [0.1, 0.15) is 24.6 Å². The molecule has 0 radical (unpaired) electrons. The van der Waals surface area contributed by atoms with Crippen LogP contribution in [-0.2, 0) is 20.4 Å². The van der Waals surface area contributed by atoms with Crippen LogP contribution in [0.25, 0.3) is 10.6 Å². The first-order valence-electron chi connectivity index (χ1n) is 8.46. The number of sulfone groups is 1. The van der Waals surface area contributed by atoms with Crippen LogP contribution in [-0.4, -0.2) is 42.1 Å². The molecule has 1 aliphatic heterocycles. The Morgan fingerprint density at radius 2 is 2.12 bits per heavy atom. The van der Waals surface area contributed by atoms with Crippen LogP contribution in [0, 0.1) is 6.92 Å². The van der Waals surface area contributed by atoms with Crippen LogP contribution in [0.2, 0.25) is 0 Å². The van der Waals surface area contributed by atoms with E-state index < -0.39 is 9.84 Å². The lowest BCUT2D eigenvalue weighted by Crippen LogP contribution is -2.40. The molecule has 0 aliphatic carbocycles. The second kappa shape index (κ2) is 8.10. The van der Waals surface area contributed by atoms with E-state index in [0.717, 1.165) is 16.3 Å². The van der Waals surface area contributed by atoms with Gasteiger partial charge < -0.3 is 5.32 Å². The molecular weight excluding hydrogens is 388 g/mol. The van der Waals surface area contributed by atoms with Crippen molar-refractivity contribution in [2.75, 3.05) is 11.5 Å². The molecule has 1 N–H and O–H groups in total. The number of carbonyl (C=O) groups excluding carboxylic acids is 1. The van der Waals surface area contributed by atoms with Gasteiger partial charge in [0.1, 0.15) is 5.01 Å². The molecule has 1 saturated heterocycles. The monoisotopic (exact) mass is 410 g/mol. The predicted octanol–water partition coefficient (Wildman–Crippen LogP) is 3.04. The van der Waals surface area contributed by atoms with E-state index in [1.54, 1.807) is 11.3 Å². The van der Waals surface area contributed by atoms with Gasteiger partial charge >= 0.3 is 0 Å². The fourth-order valence-electron chi connectivity index (χ4n) is 2.72. The Morgan fingerprint density at radius 1 is 1.38 bits per heavy atom. The summed E-state index contributed by atoms with van der Waals surface area (Å²) in [7, 11) is -2.98. The highest BCUT2D eigenvalue weighted by molar-refractivity contribution is 7.99. The molecule has 1 amide bonds. The third kappa shape index (κ3) is 5.08. The Bertz CT molecular complexity index is 875. The number of aromatic nitrogens is 1. The molecule has 0 spiro atoms. The second-order valence-electron chi connectivity index (χ2n) is 6.57. The molecule has 1 aromatic carbocycles. The van der Waals surface area contributed by atoms with Crippen LogP contribution >= 0.6 is 23.1 Å². The molecule has 1 aromatic heterocycles. The summed E-state index contributed by atoms with van der Waals surface area (Å²) >= 11 is 3.12. The van der Waals surface area contributed by atoms with E-state index >= 15 is 0 Å². The average molecular weight is 411 g/mol. The normalized spacial score (nSPS) is 20.0. The quantitative estimate of drug-likeness (QED) is 0.792. The van der Waals surface area contributed by atoms with Crippen LogP contribution in [0.5, 0.6) is 0 Å². The van der Waals surface area contributed by atoms with Gasteiger partial charge in [-0.15, -0.1) is 23.1 Å². The van der Waals surface area contributed by atoms with E-state index in [1.807, 2.05) is 12.3 Å². The van der Waals surface area contributed by atoms with Gasteiger partial charge in [-0.1, -0.05) is 29.8 Å². The van der Waals surface area contributed by atoms with Gasteiger partial charge in [0.15, 0.2) is 9.84 Å². The highest BCUT2D eigenvalue weighted by Gasteiger charge is 2.30. The van der Waals surface area contributed by atoms with E-state index in [2.05, 4.69) is 41.5 Å². The summed E-state index contributed by atoms with van der Waals surface area (Å²) in [6.07, 6.45) is 0.511. The number of aryl methyl sites for hydroxylation is 1. The van der Waals surface area contributed by atoms with Crippen molar-refractivity contribution in [2.24, 2.45) is 0 Å². The predicted molar refractivity (Wildman–Crippen MR) is 108 cm³/mol. The minimum absolute atomic E-state index is 0.0577. The van der Waals surface area contributed by atoms with Gasteiger partial charge in [-0.3, -0.25) is 4.79 Å². The van der Waals surface area contributed by atoms with Gasteiger partial charge in [0.25, 0.3) is 0 Å². The van der Waals surface area contributed by atoms with Crippen LogP contribution in [0.4, 0.5) is 0 Å². The minimum Gasteiger partial charge on any atom is -0.351 e. The molecule has 2 heterocycles. The zero-order valence-electron chi connectivity index (χ0n) is 14.8. The molecule has 5 nitrogen and oxygen atoms in total. The van der Waals surface area contributed by atoms with E-state index in [1.165, 1.54) is 17.3 Å². The lowest BCUT2D eigenvalue weighted by molar-refractivity contribution is -0.120. The highest BCUT2D eigenvalue weighted by Crippen LogP contribution is 2.27. The minimum atomic E-state index is -2.98. The van der Waals surface area contributed by atoms with E-state index in [-0.39, 0.29) is 28.7 Å². The highest BCUT2D eigenvalue weighted by atomic mass is 32.2. The summed E-state index contributed by atoms with van der Waals surface area (Å²) in [5, 5.41) is 5.61. The van der Waals surface area contributed by atoms with Gasteiger partial charge in [0.05, 0.1) is 22.4 Å². The van der Waals surface area contributed by atoms with Crippen LogP contribution < -0.4 is 5.32 Å². The smallest absolute Gasteiger partial charge is 0.233 e. The van der Waals surface area contributed by atoms with Crippen molar-refractivity contribution < 1.29 is 13.2 Å². The number of carbonyl (C=O) groups is 1. The molecule has 0 unspecified atom stereocenters. The molecule has 1 fully saturated rings. The SMILES string of the molecule is Cc1ccc(-c2nc(CS[C@H](C)C(=O)N[C@@H]3CCS(=O)(=O)C3)cs2)cc1. The van der Waals surface area contributed by atoms with Crippen molar-refractivity contribution in [3.8, 4) is 10.6 Å². The molecule has 26 heavy (non-hydrogen) atoms. The van der Waals surface area contributed by atoms with Gasteiger partial charge in [-0.2, -0.15) is 0 Å². The van der Waals surface area contributed by atoms with Crippen LogP contribution in [0.15, 0.2) is 29.6 Å². The third-order valence-electron chi connectivity index (χ3n) is 4.28. The summed E-state index contributed by atoms with van der Waals surface area (Å²) < 4.78 is 23.0. The number of thiazole rings is 1. The molecular formula is C18H22N2O3S3. The fourth-order valence-corrected chi connectivity index (χ4v) is 6.11. The van der Waals surface area contributed by atoms with E-state index in [4.69, 9.17) is 0 Å². The summed E-state index contributed by atoms with van der Waals surface area (Å²) in [4.78, 5) is 16.9. The molecule has 0 bridgehead atoms. The van der Waals surface area contributed by atoms with Crippen molar-refractivity contribution in [3.05, 3.63) is 40.9 Å². The first-order valence-corrected chi connectivity index (χ1v) is 12.2. The zero-order valence-corrected chi connectivity index (χ0v) is 17.2. The van der Waals surface area contributed by atoms with Crippen LogP contribution in [0.3, 0.4) is 0 Å². The van der Waals surface area contributed by atoms with Gasteiger partial charge in [-0.05, 0) is 20.3 Å². The van der Waals surface area contributed by atoms with E-state index in [9.17, 15) is 13.2 Å². The van der Waals surface area contributed by atoms with Gasteiger partial charge in [0.2, 0.25) is 5.91 Å². The van der Waals surface area contributed by atoms with Crippen molar-refractivity contribution in [1.82, 2.24) is 10.3 Å². The van der Waals surface area contributed by atoms with Crippen molar-refractivity contribution >= 4 is 38.8 Å². The third-order valence-corrected chi connectivity index (χ3v) is 8.16. The topological polar surface area (TPSA) is 76.1 Å². The lowest BCUT2D eigenvalue weighted by atomic mass is 10.2. The van der Waals surface area contributed by atoms with Crippen molar-refractivity contribution in [2.45, 2.75) is 37.3 Å². The molecule has 1 aliphatic rings. The Kier molecular flexibility index (Phi) is 6.04. The zero-order chi connectivity index (χ0) is 18.7. The lowest BCUT2D eigenvalue weighted by Gasteiger charge is -2.15. The number of thioether (sulfide) groups is 1. The summed E-state index contributed by atoms with van der Waals surface area (Å²) in [6.45, 7) is 3.90. The van der Waals surface area contributed by atoms with Crippen molar-refractivity contribution in [3.63, 3.8) is 0 Å². The standard InChI is InChI=1S/C18H22N2O3S3/c1-12-3-5-14(6-4-12)18-20-16(10-25-18)9-24-13(2)17(21)19-15-7-8-26(22,23)11-15/h3-6,10,13,15H,7-9,11H2,1-2H3,(H,19,21)/t13-,15-/m1/s1.